The van der Waals surface area contributed by atoms with Gasteiger partial charge in [0.15, 0.2) is 19.7 Å². The highest BCUT2D eigenvalue weighted by molar-refractivity contribution is 6.74. The first-order chi connectivity index (χ1) is 28.7. The van der Waals surface area contributed by atoms with E-state index in [1.54, 1.807) is 6.08 Å². The lowest BCUT2D eigenvalue weighted by Crippen LogP contribution is -2.68. The number of carbonyl (C=O) groups excluding carboxylic acids is 2. The Morgan fingerprint density at radius 3 is 2.32 bits per heavy atom. The predicted molar refractivity (Wildman–Crippen MR) is 228 cm³/mol. The molecule has 10 nitrogen and oxygen atoms in total. The van der Waals surface area contributed by atoms with Crippen molar-refractivity contribution in [2.24, 2.45) is 17.8 Å². The Kier molecular flexibility index (Phi) is 10.1. The van der Waals surface area contributed by atoms with Gasteiger partial charge in [-0.05, 0) is 85.5 Å². The van der Waals surface area contributed by atoms with Crippen LogP contribution in [0.4, 0.5) is 4.39 Å². The van der Waals surface area contributed by atoms with Crippen molar-refractivity contribution in [3.05, 3.63) is 129 Å². The van der Waals surface area contributed by atoms with Gasteiger partial charge in [-0.15, -0.1) is 6.58 Å². The maximum Gasteiger partial charge on any atom is 0.265 e. The topological polar surface area (TPSA) is 123 Å². The van der Waals surface area contributed by atoms with Gasteiger partial charge in [-0.25, -0.2) is 4.39 Å². The van der Waals surface area contributed by atoms with Crippen LogP contribution in [0.15, 0.2) is 83.4 Å². The van der Waals surface area contributed by atoms with Gasteiger partial charge >= 0.3 is 0 Å². The van der Waals surface area contributed by atoms with E-state index in [9.17, 15) is 5.11 Å². The van der Waals surface area contributed by atoms with Crippen molar-refractivity contribution in [2.75, 3.05) is 20.1 Å². The summed E-state index contributed by atoms with van der Waals surface area (Å²) in [6.07, 6.45) is 3.56. The third kappa shape index (κ3) is 6.23. The minimum Gasteiger partial charge on any atom is -0.507 e. The van der Waals surface area contributed by atoms with Crippen molar-refractivity contribution in [1.82, 2.24) is 15.4 Å². The fraction of sp³-hybridized carbons (Fsp3) is 0.438. The molecule has 4 aliphatic carbocycles. The quantitative estimate of drug-likeness (QED) is 0.0860. The van der Waals surface area contributed by atoms with Crippen molar-refractivity contribution in [1.29, 1.82) is 0 Å². The largest absolute Gasteiger partial charge is 0.507 e. The first-order valence-electron chi connectivity index (χ1n) is 21.2. The second-order valence-electron chi connectivity index (χ2n) is 18.8. The molecule has 2 fully saturated rings. The van der Waals surface area contributed by atoms with Gasteiger partial charge in [0, 0.05) is 40.8 Å². The van der Waals surface area contributed by atoms with E-state index in [4.69, 9.17) is 18.4 Å². The monoisotopic (exact) mass is 831 g/mol. The van der Waals surface area contributed by atoms with Crippen LogP contribution in [0, 0.1) is 23.6 Å². The zero-order valence-electron chi connectivity index (χ0n) is 35.3. The zero-order chi connectivity index (χ0) is 42.3. The molecule has 314 valence electrons. The van der Waals surface area contributed by atoms with Gasteiger partial charge in [-0.1, -0.05) is 87.5 Å². The molecule has 9 rings (SSSR count). The number of aliphatic hydroxyl groups excluding tert-OH is 1. The van der Waals surface area contributed by atoms with Crippen LogP contribution in [0.2, 0.25) is 18.1 Å². The summed E-state index contributed by atoms with van der Waals surface area (Å²) < 4.78 is 43.7. The Hall–Kier alpha value is -4.88. The van der Waals surface area contributed by atoms with Gasteiger partial charge in [0.05, 0.1) is 11.6 Å². The summed E-state index contributed by atoms with van der Waals surface area (Å²) in [6, 6.07) is 18.4. The zero-order valence-corrected chi connectivity index (χ0v) is 36.3. The summed E-state index contributed by atoms with van der Waals surface area (Å²) >= 11 is 0. The smallest absolute Gasteiger partial charge is 0.265 e. The molecule has 0 amide bonds. The highest BCUT2D eigenvalue weighted by Gasteiger charge is 2.68. The van der Waals surface area contributed by atoms with E-state index in [1.807, 2.05) is 80.8 Å². The number of aliphatic hydroxyl groups is 1. The second kappa shape index (κ2) is 14.9. The molecule has 2 N–H and O–H groups in total. The molecular weight excluding hydrogens is 778 g/mol. The van der Waals surface area contributed by atoms with E-state index in [1.165, 1.54) is 0 Å². The van der Waals surface area contributed by atoms with E-state index in [0.29, 0.717) is 29.8 Å². The molecule has 6 atom stereocenters. The summed E-state index contributed by atoms with van der Waals surface area (Å²) in [5, 5.41) is 20.1. The number of likely N-dealkylation sites (tertiary alicyclic amines) is 1. The number of carbonyl (C=O) groups is 2. The van der Waals surface area contributed by atoms with Crippen LogP contribution in [-0.4, -0.2) is 60.8 Å². The standard InChI is InChI=1S/C48H54FN3O7Si/c1-8-20-50-39-33-24-30-23-31-36(42(56-25-27-15-11-9-12-16-27)32-22-29-19-21-52(5)40(29)35(32)38(31)49)41(53)34(30)44(54)48(33,59-60(6,7)47(2,3)4)45(55)37-43(39)58-51-46(37)57-26-28-17-13-10-14-18-28/h8-18,29-30,33,39-40,50,53H,1,19-26H2,2-7H3/t29-,30-,33-,39-,40-,48-/m0/s1. The molecule has 1 aliphatic heterocycles. The minimum atomic E-state index is -2.97. The van der Waals surface area contributed by atoms with E-state index >= 15 is 14.0 Å². The first-order valence-corrected chi connectivity index (χ1v) is 24.1. The molecule has 3 aromatic carbocycles. The number of rotatable bonds is 11. The number of benzene rings is 3. The highest BCUT2D eigenvalue weighted by Crippen LogP contribution is 2.60. The van der Waals surface area contributed by atoms with E-state index in [0.717, 1.165) is 29.7 Å². The summed E-state index contributed by atoms with van der Waals surface area (Å²) in [5.41, 5.74) is 1.69. The Labute approximate surface area is 351 Å². The van der Waals surface area contributed by atoms with E-state index in [-0.39, 0.29) is 77.9 Å². The average Bonchev–Trinajstić information content (AvgIpc) is 3.93. The minimum absolute atomic E-state index is 0.0345. The normalized spacial score (nSPS) is 25.9. The molecule has 4 aromatic rings. The number of ether oxygens (including phenoxy) is 2. The first kappa shape index (κ1) is 40.5. The number of hydrogen-bond donors (Lipinski definition) is 2. The summed E-state index contributed by atoms with van der Waals surface area (Å²) in [7, 11) is -0.938. The lowest BCUT2D eigenvalue weighted by Gasteiger charge is -2.54. The number of Topliss-reactive ketones (excluding diaryl/α,β-unsaturated/α-hetero) is 2. The maximum absolute atomic E-state index is 17.5. The Morgan fingerprint density at radius 2 is 1.67 bits per heavy atom. The number of nitrogens with one attached hydrogen (secondary N) is 1. The van der Waals surface area contributed by atoms with E-state index < -0.39 is 48.4 Å². The molecule has 2 heterocycles. The number of ketones is 2. The molecule has 0 radical (unpaired) electrons. The van der Waals surface area contributed by atoms with Gasteiger partial charge < -0.3 is 28.8 Å². The number of nitrogens with zero attached hydrogens (tertiary/aromatic N) is 2. The van der Waals surface area contributed by atoms with Crippen LogP contribution in [0.25, 0.3) is 5.76 Å². The molecule has 0 unspecified atom stereocenters. The van der Waals surface area contributed by atoms with Crippen molar-refractivity contribution in [2.45, 2.75) is 95.5 Å². The van der Waals surface area contributed by atoms with Crippen LogP contribution in [0.1, 0.15) is 95.2 Å². The predicted octanol–water partition coefficient (Wildman–Crippen LogP) is 9.02. The Balaban J connectivity index is 1.23. The third-order valence-electron chi connectivity index (χ3n) is 14.2. The van der Waals surface area contributed by atoms with Crippen LogP contribution < -0.4 is 14.8 Å². The number of hydrogen-bond acceptors (Lipinski definition) is 10. The number of halogens is 1. The van der Waals surface area contributed by atoms with Gasteiger partial charge in [-0.3, -0.25) is 14.5 Å². The lowest BCUT2D eigenvalue weighted by atomic mass is 9.57. The third-order valence-corrected chi connectivity index (χ3v) is 18.7. The fourth-order valence-electron chi connectivity index (χ4n) is 10.3. The van der Waals surface area contributed by atoms with E-state index in [2.05, 4.69) is 42.7 Å². The molecule has 12 heteroatoms. The Morgan fingerprint density at radius 1 is 1.00 bits per heavy atom. The number of fused-ring (bicyclic) bond motifs is 7. The maximum atomic E-state index is 17.5. The van der Waals surface area contributed by atoms with Crippen molar-refractivity contribution < 1.29 is 37.5 Å². The fourth-order valence-corrected chi connectivity index (χ4v) is 11.8. The number of aromatic nitrogens is 1. The van der Waals surface area contributed by atoms with Gasteiger partial charge in [-0.2, -0.15) is 0 Å². The van der Waals surface area contributed by atoms with Gasteiger partial charge in [0.25, 0.3) is 5.88 Å². The molecular formula is C48H54FN3O7Si. The highest BCUT2D eigenvalue weighted by atomic mass is 28.4. The molecule has 0 bridgehead atoms. The van der Waals surface area contributed by atoms with Crippen molar-refractivity contribution in [3.8, 4) is 11.6 Å². The SMILES string of the molecule is C=CCN[C@@H]1c2onc(OCc3ccccc3)c2C(=O)[C@@]2(O[Si](C)(C)C(C)(C)C)C(=O)C3=C(O)c4c(c(F)c5c(c4OCc4ccccc4)C[C@@H]4CCN(C)[C@H]54)C[C@H]3C[C@@H]12. The van der Waals surface area contributed by atoms with Crippen LogP contribution >= 0.6 is 0 Å². The Bertz CT molecular complexity index is 2410. The van der Waals surface area contributed by atoms with Gasteiger partial charge in [0.1, 0.15) is 36.1 Å². The summed E-state index contributed by atoms with van der Waals surface area (Å²) in [4.78, 5) is 33.9. The molecule has 60 heavy (non-hydrogen) atoms. The van der Waals surface area contributed by atoms with Crippen LogP contribution in [0.3, 0.4) is 0 Å². The average molecular weight is 832 g/mol. The van der Waals surface area contributed by atoms with Crippen molar-refractivity contribution >= 4 is 25.6 Å². The second-order valence-corrected chi connectivity index (χ2v) is 23.5. The molecule has 1 saturated heterocycles. The molecule has 1 saturated carbocycles. The lowest BCUT2D eigenvalue weighted by molar-refractivity contribution is -0.138. The van der Waals surface area contributed by atoms with Crippen LogP contribution in [0.5, 0.6) is 11.6 Å². The van der Waals surface area contributed by atoms with Crippen LogP contribution in [-0.2, 0) is 35.3 Å². The van der Waals surface area contributed by atoms with Crippen molar-refractivity contribution in [3.63, 3.8) is 0 Å². The molecule has 0 spiro atoms. The summed E-state index contributed by atoms with van der Waals surface area (Å²) in [5.74, 6) is -2.56. The molecule has 1 aromatic heterocycles. The molecule has 5 aliphatic rings. The van der Waals surface area contributed by atoms with Gasteiger partial charge in [0.2, 0.25) is 11.6 Å². The summed E-state index contributed by atoms with van der Waals surface area (Å²) in [6.45, 7) is 15.6.